The predicted octanol–water partition coefficient (Wildman–Crippen LogP) is 3.78. The van der Waals surface area contributed by atoms with E-state index in [-0.39, 0.29) is 12.0 Å². The van der Waals surface area contributed by atoms with Crippen LogP contribution in [0.5, 0.6) is 0 Å². The average Bonchev–Trinajstić information content (AvgIpc) is 2.34. The van der Waals surface area contributed by atoms with E-state index >= 15 is 0 Å². The number of carbonyl (C=O) groups is 2. The quantitative estimate of drug-likeness (QED) is 0.553. The molecule has 0 unspecified atom stereocenters. The van der Waals surface area contributed by atoms with Crippen molar-refractivity contribution in [3.8, 4) is 0 Å². The summed E-state index contributed by atoms with van der Waals surface area (Å²) >= 11 is 0. The normalized spacial score (nSPS) is 13.8. The molecule has 22 heavy (non-hydrogen) atoms. The zero-order valence-corrected chi connectivity index (χ0v) is 15.2. The molecule has 0 aromatic carbocycles. The highest BCUT2D eigenvalue weighted by atomic mass is 16.6. The lowest BCUT2D eigenvalue weighted by Gasteiger charge is -2.30. The topological polar surface area (TPSA) is 55.8 Å². The van der Waals surface area contributed by atoms with Gasteiger partial charge in [-0.15, -0.1) is 0 Å². The highest BCUT2D eigenvalue weighted by Gasteiger charge is 2.25. The van der Waals surface area contributed by atoms with E-state index in [4.69, 9.17) is 9.47 Å². The second-order valence-electron chi connectivity index (χ2n) is 6.86. The molecule has 128 valence electrons. The number of likely N-dealkylation sites (N-methyl/N-ethyl adjacent to an activating group) is 1. The molecule has 0 aliphatic carbocycles. The Bertz CT molecular complexity index is 407. The molecule has 0 rings (SSSR count). The molecule has 5 nitrogen and oxygen atoms in total. The lowest BCUT2D eigenvalue weighted by molar-refractivity contribution is -0.138. The van der Waals surface area contributed by atoms with Gasteiger partial charge in [-0.3, -0.25) is 0 Å². The standard InChI is InChI=1S/C17H31NO4/c1-9-21-15(19)13(4)11-14(10-12(2)3)18(8)16(20)22-17(5,6)7/h11-12,14H,9-10H2,1-8H3/t14-/m0/s1. The molecule has 0 fully saturated rings. The molecule has 1 amide bonds. The molecule has 1 atom stereocenters. The third kappa shape index (κ3) is 8.05. The van der Waals surface area contributed by atoms with E-state index in [1.165, 1.54) is 4.90 Å². The molecule has 0 saturated carbocycles. The lowest BCUT2D eigenvalue weighted by atomic mass is 10.0. The first-order chi connectivity index (χ1) is 9.97. The van der Waals surface area contributed by atoms with Crippen LogP contribution in [0.3, 0.4) is 0 Å². The van der Waals surface area contributed by atoms with Crippen LogP contribution in [0.25, 0.3) is 0 Å². The summed E-state index contributed by atoms with van der Waals surface area (Å²) in [5.41, 5.74) is -0.0453. The van der Waals surface area contributed by atoms with Crippen LogP contribution in [0.15, 0.2) is 11.6 Å². The minimum Gasteiger partial charge on any atom is -0.463 e. The van der Waals surface area contributed by atoms with Crippen LogP contribution in [-0.2, 0) is 14.3 Å². The first-order valence-corrected chi connectivity index (χ1v) is 7.79. The highest BCUT2D eigenvalue weighted by molar-refractivity contribution is 5.88. The lowest BCUT2D eigenvalue weighted by Crippen LogP contribution is -2.40. The monoisotopic (exact) mass is 313 g/mol. The van der Waals surface area contributed by atoms with Gasteiger partial charge in [-0.1, -0.05) is 19.9 Å². The van der Waals surface area contributed by atoms with Gasteiger partial charge >= 0.3 is 12.1 Å². The second kappa shape index (κ2) is 8.81. The smallest absolute Gasteiger partial charge is 0.410 e. The van der Waals surface area contributed by atoms with Gasteiger partial charge in [-0.25, -0.2) is 9.59 Å². The van der Waals surface area contributed by atoms with E-state index < -0.39 is 11.7 Å². The molecule has 0 aliphatic rings. The Balaban J connectivity index is 5.15. The summed E-state index contributed by atoms with van der Waals surface area (Å²) in [7, 11) is 1.69. The minimum atomic E-state index is -0.548. The van der Waals surface area contributed by atoms with Crippen LogP contribution in [-0.4, -0.2) is 42.3 Å². The number of carbonyl (C=O) groups excluding carboxylic acids is 2. The summed E-state index contributed by atoms with van der Waals surface area (Å²) < 4.78 is 10.4. The average molecular weight is 313 g/mol. The van der Waals surface area contributed by atoms with E-state index in [1.54, 1.807) is 27.0 Å². The van der Waals surface area contributed by atoms with Gasteiger partial charge < -0.3 is 14.4 Å². The fraction of sp³-hybridized carbons (Fsp3) is 0.765. The molecule has 0 aromatic rings. The Hall–Kier alpha value is -1.52. The molecule has 0 N–H and O–H groups in total. The number of hydrogen-bond acceptors (Lipinski definition) is 4. The predicted molar refractivity (Wildman–Crippen MR) is 87.6 cm³/mol. The molecule has 0 heterocycles. The van der Waals surface area contributed by atoms with Crippen LogP contribution >= 0.6 is 0 Å². The van der Waals surface area contributed by atoms with Crippen molar-refractivity contribution >= 4 is 12.1 Å². The third-order valence-electron chi connectivity index (χ3n) is 2.93. The van der Waals surface area contributed by atoms with Crippen molar-refractivity contribution in [1.82, 2.24) is 4.90 Å². The first-order valence-electron chi connectivity index (χ1n) is 7.79. The van der Waals surface area contributed by atoms with Crippen LogP contribution in [0.4, 0.5) is 4.79 Å². The molecule has 0 saturated heterocycles. The molecule has 0 radical (unpaired) electrons. The van der Waals surface area contributed by atoms with Gasteiger partial charge in [0, 0.05) is 12.6 Å². The van der Waals surface area contributed by atoms with E-state index in [2.05, 4.69) is 13.8 Å². The highest BCUT2D eigenvalue weighted by Crippen LogP contribution is 2.17. The molecular weight excluding hydrogens is 282 g/mol. The van der Waals surface area contributed by atoms with Gasteiger partial charge in [0.2, 0.25) is 0 Å². The number of esters is 1. The van der Waals surface area contributed by atoms with Gasteiger partial charge in [-0.05, 0) is 47.0 Å². The SMILES string of the molecule is CCOC(=O)C(C)=C[C@H](CC(C)C)N(C)C(=O)OC(C)(C)C. The van der Waals surface area contributed by atoms with E-state index in [0.717, 1.165) is 6.42 Å². The molecule has 0 bridgehead atoms. The summed E-state index contributed by atoms with van der Waals surface area (Å²) in [6, 6.07) is -0.209. The summed E-state index contributed by atoms with van der Waals surface area (Å²) in [5, 5.41) is 0. The summed E-state index contributed by atoms with van der Waals surface area (Å²) in [6.07, 6.45) is 2.13. The fourth-order valence-corrected chi connectivity index (χ4v) is 1.89. The Morgan fingerprint density at radius 3 is 2.18 bits per heavy atom. The van der Waals surface area contributed by atoms with Crippen molar-refractivity contribution in [1.29, 1.82) is 0 Å². The number of amides is 1. The third-order valence-corrected chi connectivity index (χ3v) is 2.93. The Labute approximate surface area is 134 Å². The van der Waals surface area contributed by atoms with Crippen LogP contribution in [0.1, 0.15) is 54.9 Å². The Kier molecular flexibility index (Phi) is 8.20. The Morgan fingerprint density at radius 1 is 1.23 bits per heavy atom. The maximum atomic E-state index is 12.2. The van der Waals surface area contributed by atoms with Gasteiger partial charge in [0.15, 0.2) is 0 Å². The zero-order chi connectivity index (χ0) is 17.5. The number of rotatable bonds is 6. The molecule has 0 aliphatic heterocycles. The molecule has 0 spiro atoms. The van der Waals surface area contributed by atoms with Crippen LogP contribution in [0, 0.1) is 5.92 Å². The van der Waals surface area contributed by atoms with E-state index in [0.29, 0.717) is 18.1 Å². The Morgan fingerprint density at radius 2 is 1.77 bits per heavy atom. The zero-order valence-electron chi connectivity index (χ0n) is 15.2. The van der Waals surface area contributed by atoms with Crippen molar-refractivity contribution in [2.75, 3.05) is 13.7 Å². The van der Waals surface area contributed by atoms with Gasteiger partial charge in [0.05, 0.1) is 12.6 Å². The van der Waals surface area contributed by atoms with Crippen molar-refractivity contribution in [2.45, 2.75) is 66.5 Å². The maximum Gasteiger partial charge on any atom is 0.410 e. The van der Waals surface area contributed by atoms with Crippen molar-refractivity contribution in [3.63, 3.8) is 0 Å². The van der Waals surface area contributed by atoms with Crippen LogP contribution < -0.4 is 0 Å². The summed E-state index contributed by atoms with van der Waals surface area (Å²) in [5.74, 6) is 0.0231. The number of hydrogen-bond donors (Lipinski definition) is 0. The van der Waals surface area contributed by atoms with Crippen LogP contribution in [0.2, 0.25) is 0 Å². The number of ether oxygens (including phenoxy) is 2. The largest absolute Gasteiger partial charge is 0.463 e. The van der Waals surface area contributed by atoms with Gasteiger partial charge in [-0.2, -0.15) is 0 Å². The second-order valence-corrected chi connectivity index (χ2v) is 6.86. The van der Waals surface area contributed by atoms with Gasteiger partial charge in [0.1, 0.15) is 5.60 Å². The molecule has 0 aromatic heterocycles. The summed E-state index contributed by atoms with van der Waals surface area (Å²) in [6.45, 7) is 13.4. The van der Waals surface area contributed by atoms with Gasteiger partial charge in [0.25, 0.3) is 0 Å². The minimum absolute atomic E-state index is 0.209. The molecular formula is C17H31NO4. The number of nitrogens with zero attached hydrogens (tertiary/aromatic N) is 1. The van der Waals surface area contributed by atoms with E-state index in [9.17, 15) is 9.59 Å². The van der Waals surface area contributed by atoms with Crippen molar-refractivity contribution < 1.29 is 19.1 Å². The summed E-state index contributed by atoms with van der Waals surface area (Å²) in [4.78, 5) is 25.5. The molecule has 5 heteroatoms. The van der Waals surface area contributed by atoms with E-state index in [1.807, 2.05) is 20.8 Å². The maximum absolute atomic E-state index is 12.2. The fourth-order valence-electron chi connectivity index (χ4n) is 1.89. The first kappa shape index (κ1) is 20.5. The van der Waals surface area contributed by atoms with Crippen molar-refractivity contribution in [2.24, 2.45) is 5.92 Å². The van der Waals surface area contributed by atoms with Crippen molar-refractivity contribution in [3.05, 3.63) is 11.6 Å².